The minimum absolute atomic E-state index is 0.0278. The number of amides is 2. The van der Waals surface area contributed by atoms with Crippen molar-refractivity contribution in [3.63, 3.8) is 0 Å². The first kappa shape index (κ1) is 23.5. The first-order chi connectivity index (χ1) is 15.7. The van der Waals surface area contributed by atoms with Crippen molar-refractivity contribution >= 4 is 27.5 Å². The summed E-state index contributed by atoms with van der Waals surface area (Å²) in [4.78, 5) is 28.7. The van der Waals surface area contributed by atoms with Crippen LogP contribution in [-0.2, 0) is 19.6 Å². The Kier molecular flexibility index (Phi) is 6.65. The average molecular weight is 474 g/mol. The van der Waals surface area contributed by atoms with Gasteiger partial charge in [0.25, 0.3) is 5.91 Å². The standard InChI is InChI=1S/C24H28FN3O4S/c1-3-17(2)18-4-10-21(11-5-18)33(31,32)27-14-12-26(13-15-27)22-16-23(29)28(24(22)30)20-8-6-19(25)7-9-20/h4-11,17,22H,3,12-16H2,1-2H3/t17-,22+/m0/s1. The van der Waals surface area contributed by atoms with Crippen LogP contribution in [0, 0.1) is 5.82 Å². The minimum Gasteiger partial charge on any atom is -0.289 e. The Morgan fingerprint density at radius 1 is 0.970 bits per heavy atom. The Morgan fingerprint density at radius 2 is 1.58 bits per heavy atom. The number of nitrogens with zero attached hydrogens (tertiary/aromatic N) is 3. The van der Waals surface area contributed by atoms with Gasteiger partial charge in [-0.05, 0) is 54.3 Å². The van der Waals surface area contributed by atoms with Gasteiger partial charge in [-0.2, -0.15) is 4.31 Å². The lowest BCUT2D eigenvalue weighted by Gasteiger charge is -2.36. The van der Waals surface area contributed by atoms with Gasteiger partial charge in [0.2, 0.25) is 15.9 Å². The van der Waals surface area contributed by atoms with Crippen LogP contribution in [-0.4, -0.2) is 61.7 Å². The lowest BCUT2D eigenvalue weighted by Crippen LogP contribution is -2.53. The zero-order valence-corrected chi connectivity index (χ0v) is 19.6. The first-order valence-corrected chi connectivity index (χ1v) is 12.6. The molecule has 2 atom stereocenters. The quantitative estimate of drug-likeness (QED) is 0.603. The Hall–Kier alpha value is -2.62. The zero-order chi connectivity index (χ0) is 23.8. The summed E-state index contributed by atoms with van der Waals surface area (Å²) in [7, 11) is -3.63. The molecule has 0 bridgehead atoms. The molecule has 2 fully saturated rings. The van der Waals surface area contributed by atoms with Gasteiger partial charge in [-0.15, -0.1) is 0 Å². The van der Waals surface area contributed by atoms with E-state index in [-0.39, 0.29) is 36.2 Å². The fourth-order valence-electron chi connectivity index (χ4n) is 4.37. The topological polar surface area (TPSA) is 78.0 Å². The van der Waals surface area contributed by atoms with Crippen LogP contribution >= 0.6 is 0 Å². The second-order valence-corrected chi connectivity index (χ2v) is 10.5. The van der Waals surface area contributed by atoms with Gasteiger partial charge in [0.15, 0.2) is 0 Å². The summed E-state index contributed by atoms with van der Waals surface area (Å²) in [6, 6.07) is 11.6. The summed E-state index contributed by atoms with van der Waals surface area (Å²) in [6.07, 6.45) is 1.01. The van der Waals surface area contributed by atoms with Gasteiger partial charge in [-0.1, -0.05) is 26.0 Å². The van der Waals surface area contributed by atoms with Crippen LogP contribution in [0.4, 0.5) is 10.1 Å². The third-order valence-electron chi connectivity index (χ3n) is 6.62. The van der Waals surface area contributed by atoms with Crippen molar-refractivity contribution in [3.8, 4) is 0 Å². The minimum atomic E-state index is -3.63. The molecule has 0 spiro atoms. The van der Waals surface area contributed by atoms with Crippen LogP contribution in [0.15, 0.2) is 53.4 Å². The molecular formula is C24H28FN3O4S. The monoisotopic (exact) mass is 473 g/mol. The van der Waals surface area contributed by atoms with Gasteiger partial charge in [-0.3, -0.25) is 14.5 Å². The van der Waals surface area contributed by atoms with Crippen LogP contribution in [0.1, 0.15) is 38.2 Å². The van der Waals surface area contributed by atoms with E-state index in [0.717, 1.165) is 16.9 Å². The van der Waals surface area contributed by atoms with E-state index in [1.54, 1.807) is 12.1 Å². The largest absolute Gasteiger partial charge is 0.289 e. The fraction of sp³-hybridized carbons (Fsp3) is 0.417. The van der Waals surface area contributed by atoms with Crippen LogP contribution in [0.2, 0.25) is 0 Å². The number of carbonyl (C=O) groups excluding carboxylic acids is 2. The predicted octanol–water partition coefficient (Wildman–Crippen LogP) is 2.98. The smallest absolute Gasteiger partial charge is 0.251 e. The fourth-order valence-corrected chi connectivity index (χ4v) is 5.79. The van der Waals surface area contributed by atoms with E-state index < -0.39 is 21.9 Å². The molecule has 2 aromatic rings. The molecule has 2 heterocycles. The molecule has 0 unspecified atom stereocenters. The maximum Gasteiger partial charge on any atom is 0.251 e. The molecule has 0 aromatic heterocycles. The van der Waals surface area contributed by atoms with E-state index in [1.165, 1.54) is 28.6 Å². The normalized spacial score (nSPS) is 21.5. The van der Waals surface area contributed by atoms with Crippen molar-refractivity contribution in [2.24, 2.45) is 0 Å². The number of imide groups is 1. The lowest BCUT2D eigenvalue weighted by molar-refractivity contribution is -0.123. The number of anilines is 1. The summed E-state index contributed by atoms with van der Waals surface area (Å²) in [6.45, 7) is 5.38. The molecular weight excluding hydrogens is 445 g/mol. The third kappa shape index (κ3) is 4.58. The maximum absolute atomic E-state index is 13.2. The van der Waals surface area contributed by atoms with Gasteiger partial charge in [0.1, 0.15) is 5.82 Å². The zero-order valence-electron chi connectivity index (χ0n) is 18.8. The summed E-state index contributed by atoms with van der Waals surface area (Å²) in [5.74, 6) is -0.774. The van der Waals surface area contributed by atoms with E-state index in [0.29, 0.717) is 24.7 Å². The molecule has 4 rings (SSSR count). The van der Waals surface area contributed by atoms with Crippen molar-refractivity contribution < 1.29 is 22.4 Å². The van der Waals surface area contributed by atoms with Crippen LogP contribution in [0.5, 0.6) is 0 Å². The van der Waals surface area contributed by atoms with Crippen molar-refractivity contribution in [3.05, 3.63) is 59.9 Å². The van der Waals surface area contributed by atoms with Gasteiger partial charge >= 0.3 is 0 Å². The van der Waals surface area contributed by atoms with Gasteiger partial charge in [-0.25, -0.2) is 17.7 Å². The highest BCUT2D eigenvalue weighted by molar-refractivity contribution is 7.89. The highest BCUT2D eigenvalue weighted by Gasteiger charge is 2.44. The number of hydrogen-bond acceptors (Lipinski definition) is 5. The molecule has 9 heteroatoms. The Morgan fingerprint density at radius 3 is 2.15 bits per heavy atom. The molecule has 0 N–H and O–H groups in total. The molecule has 2 aromatic carbocycles. The number of hydrogen-bond donors (Lipinski definition) is 0. The van der Waals surface area contributed by atoms with Crippen molar-refractivity contribution in [1.82, 2.24) is 9.21 Å². The average Bonchev–Trinajstić information content (AvgIpc) is 3.13. The Labute approximate surface area is 193 Å². The van der Waals surface area contributed by atoms with Gasteiger partial charge in [0.05, 0.1) is 23.0 Å². The van der Waals surface area contributed by atoms with E-state index in [9.17, 15) is 22.4 Å². The molecule has 2 saturated heterocycles. The number of benzene rings is 2. The summed E-state index contributed by atoms with van der Waals surface area (Å²) in [5, 5.41) is 0. The van der Waals surface area contributed by atoms with E-state index in [2.05, 4.69) is 13.8 Å². The molecule has 2 amide bonds. The number of piperazine rings is 1. The molecule has 2 aliphatic rings. The maximum atomic E-state index is 13.2. The molecule has 33 heavy (non-hydrogen) atoms. The highest BCUT2D eigenvalue weighted by Crippen LogP contribution is 2.28. The second kappa shape index (κ2) is 9.32. The molecule has 7 nitrogen and oxygen atoms in total. The van der Waals surface area contributed by atoms with E-state index >= 15 is 0 Å². The number of halogens is 1. The van der Waals surface area contributed by atoms with Crippen LogP contribution in [0.3, 0.4) is 0 Å². The number of rotatable bonds is 6. The predicted molar refractivity (Wildman–Crippen MR) is 123 cm³/mol. The summed E-state index contributed by atoms with van der Waals surface area (Å²) < 4.78 is 40.8. The van der Waals surface area contributed by atoms with E-state index in [4.69, 9.17) is 0 Å². The van der Waals surface area contributed by atoms with Crippen LogP contribution in [0.25, 0.3) is 0 Å². The third-order valence-corrected chi connectivity index (χ3v) is 8.53. The Balaban J connectivity index is 1.42. The van der Waals surface area contributed by atoms with Gasteiger partial charge < -0.3 is 0 Å². The van der Waals surface area contributed by atoms with E-state index in [1.807, 2.05) is 17.0 Å². The second-order valence-electron chi connectivity index (χ2n) is 8.58. The molecule has 0 saturated carbocycles. The first-order valence-electron chi connectivity index (χ1n) is 11.2. The summed E-state index contributed by atoms with van der Waals surface area (Å²) in [5.41, 5.74) is 1.45. The lowest BCUT2D eigenvalue weighted by atomic mass is 9.99. The Bertz CT molecular complexity index is 1130. The van der Waals surface area contributed by atoms with Crippen molar-refractivity contribution in [2.75, 3.05) is 31.1 Å². The van der Waals surface area contributed by atoms with Crippen LogP contribution < -0.4 is 4.90 Å². The number of carbonyl (C=O) groups is 2. The summed E-state index contributed by atoms with van der Waals surface area (Å²) >= 11 is 0. The molecule has 0 radical (unpaired) electrons. The van der Waals surface area contributed by atoms with Crippen molar-refractivity contribution in [2.45, 2.75) is 43.5 Å². The van der Waals surface area contributed by atoms with Gasteiger partial charge in [0, 0.05) is 26.2 Å². The van der Waals surface area contributed by atoms with Crippen molar-refractivity contribution in [1.29, 1.82) is 0 Å². The molecule has 0 aliphatic carbocycles. The molecule has 176 valence electrons. The SMILES string of the molecule is CC[C@H](C)c1ccc(S(=O)(=O)N2CCN([C@@H]3CC(=O)N(c4ccc(F)cc4)C3=O)CC2)cc1. The highest BCUT2D eigenvalue weighted by atomic mass is 32.2. The number of sulfonamides is 1. The molecule has 2 aliphatic heterocycles.